The van der Waals surface area contributed by atoms with Crippen LogP contribution in [0.1, 0.15) is 20.3 Å². The minimum atomic E-state index is -3.50. The van der Waals surface area contributed by atoms with E-state index in [4.69, 9.17) is 9.88 Å². The first-order chi connectivity index (χ1) is 9.67. The fraction of sp³-hybridized carbons (Fsp3) is 0.500. The monoisotopic (exact) mass is 317 g/mol. The van der Waals surface area contributed by atoms with E-state index in [1.165, 1.54) is 12.1 Å². The second kappa shape index (κ2) is 7.23. The molecule has 0 bridgehead atoms. The molecule has 8 nitrogen and oxygen atoms in total. The van der Waals surface area contributed by atoms with Gasteiger partial charge < -0.3 is 10.1 Å². The van der Waals surface area contributed by atoms with Crippen LogP contribution >= 0.6 is 0 Å². The maximum Gasteiger partial charge on any atom is 0.275 e. The molecule has 9 heteroatoms. The average Bonchev–Trinajstić information content (AvgIpc) is 2.32. The molecule has 0 amide bonds. The molecule has 0 aliphatic heterocycles. The zero-order valence-electron chi connectivity index (χ0n) is 11.9. The molecule has 0 heterocycles. The second-order valence-electron chi connectivity index (χ2n) is 4.79. The summed E-state index contributed by atoms with van der Waals surface area (Å²) >= 11 is 0. The number of nitrogens with zero attached hydrogens (tertiary/aromatic N) is 1. The third kappa shape index (κ3) is 6.91. The van der Waals surface area contributed by atoms with Crippen molar-refractivity contribution in [2.24, 2.45) is 5.14 Å². The van der Waals surface area contributed by atoms with Crippen LogP contribution in [0.15, 0.2) is 18.2 Å². The molecular weight excluding hydrogens is 298 g/mol. The fourth-order valence-corrected chi connectivity index (χ4v) is 2.18. The Kier molecular flexibility index (Phi) is 5.91. The quantitative estimate of drug-likeness (QED) is 0.425. The largest absolute Gasteiger partial charge is 0.491 e. The SMILES string of the molecule is CC(C)Oc1cc(NCCCS(N)(=O)=O)cc([N+](=O)[O-])c1. The van der Waals surface area contributed by atoms with Crippen molar-refractivity contribution >= 4 is 21.4 Å². The zero-order chi connectivity index (χ0) is 16.0. The van der Waals surface area contributed by atoms with Crippen LogP contribution in [-0.2, 0) is 10.0 Å². The normalized spacial score (nSPS) is 11.4. The van der Waals surface area contributed by atoms with Gasteiger partial charge in [-0.25, -0.2) is 13.6 Å². The van der Waals surface area contributed by atoms with Crippen LogP contribution in [0.4, 0.5) is 11.4 Å². The highest BCUT2D eigenvalue weighted by Gasteiger charge is 2.11. The van der Waals surface area contributed by atoms with Gasteiger partial charge in [-0.3, -0.25) is 10.1 Å². The number of hydrogen-bond acceptors (Lipinski definition) is 6. The van der Waals surface area contributed by atoms with Gasteiger partial charge in [0.05, 0.1) is 22.8 Å². The summed E-state index contributed by atoms with van der Waals surface area (Å²) in [6, 6.07) is 4.34. The predicted octanol–water partition coefficient (Wildman–Crippen LogP) is 1.47. The van der Waals surface area contributed by atoms with Crippen molar-refractivity contribution in [3.05, 3.63) is 28.3 Å². The van der Waals surface area contributed by atoms with Gasteiger partial charge in [0.1, 0.15) is 5.75 Å². The average molecular weight is 317 g/mol. The van der Waals surface area contributed by atoms with E-state index in [9.17, 15) is 18.5 Å². The Bertz CT molecular complexity index is 601. The van der Waals surface area contributed by atoms with E-state index in [2.05, 4.69) is 5.32 Å². The summed E-state index contributed by atoms with van der Waals surface area (Å²) in [5.74, 6) is 0.234. The number of sulfonamides is 1. The minimum absolute atomic E-state index is 0.0953. The van der Waals surface area contributed by atoms with Crippen LogP contribution in [-0.4, -0.2) is 31.7 Å². The van der Waals surface area contributed by atoms with E-state index in [0.29, 0.717) is 24.4 Å². The fourth-order valence-electron chi connectivity index (χ4n) is 1.64. The van der Waals surface area contributed by atoms with Crippen molar-refractivity contribution in [2.75, 3.05) is 17.6 Å². The van der Waals surface area contributed by atoms with E-state index in [-0.39, 0.29) is 17.5 Å². The number of non-ortho nitro benzene ring substituents is 1. The van der Waals surface area contributed by atoms with Crippen LogP contribution < -0.4 is 15.2 Å². The number of primary sulfonamides is 1. The Morgan fingerprint density at radius 2 is 2.05 bits per heavy atom. The smallest absolute Gasteiger partial charge is 0.275 e. The van der Waals surface area contributed by atoms with Crippen molar-refractivity contribution in [3.8, 4) is 5.75 Å². The van der Waals surface area contributed by atoms with E-state index in [1.807, 2.05) is 13.8 Å². The molecule has 118 valence electrons. The number of ether oxygens (including phenoxy) is 1. The molecule has 0 spiro atoms. The van der Waals surface area contributed by atoms with Gasteiger partial charge >= 0.3 is 0 Å². The van der Waals surface area contributed by atoms with Gasteiger partial charge in [0, 0.05) is 24.4 Å². The molecule has 0 aliphatic rings. The van der Waals surface area contributed by atoms with Crippen molar-refractivity contribution in [1.29, 1.82) is 0 Å². The maximum absolute atomic E-state index is 10.9. The Labute approximate surface area is 123 Å². The molecule has 21 heavy (non-hydrogen) atoms. The molecule has 0 aromatic heterocycles. The number of hydrogen-bond donors (Lipinski definition) is 2. The van der Waals surface area contributed by atoms with Gasteiger partial charge in [0.15, 0.2) is 0 Å². The topological polar surface area (TPSA) is 125 Å². The third-order valence-corrected chi connectivity index (χ3v) is 3.27. The summed E-state index contributed by atoms with van der Waals surface area (Å²) < 4.78 is 27.1. The summed E-state index contributed by atoms with van der Waals surface area (Å²) in [6.45, 7) is 3.97. The Morgan fingerprint density at radius 3 is 2.57 bits per heavy atom. The van der Waals surface area contributed by atoms with Gasteiger partial charge in [-0.15, -0.1) is 0 Å². The Morgan fingerprint density at radius 1 is 1.38 bits per heavy atom. The molecule has 1 rings (SSSR count). The standard InChI is InChI=1S/C12H19N3O5S/c1-9(2)20-12-7-10(6-11(8-12)15(16)17)14-4-3-5-21(13,18)19/h6-9,14H,3-5H2,1-2H3,(H2,13,18,19). The Hall–Kier alpha value is -1.87. The Balaban J connectivity index is 2.76. The lowest BCUT2D eigenvalue weighted by Gasteiger charge is -2.12. The van der Waals surface area contributed by atoms with Crippen molar-refractivity contribution in [1.82, 2.24) is 0 Å². The van der Waals surface area contributed by atoms with E-state index >= 15 is 0 Å². The molecule has 0 atom stereocenters. The van der Waals surface area contributed by atoms with Crippen molar-refractivity contribution in [2.45, 2.75) is 26.4 Å². The molecule has 0 saturated carbocycles. The lowest BCUT2D eigenvalue weighted by Crippen LogP contribution is -2.18. The molecule has 3 N–H and O–H groups in total. The van der Waals surface area contributed by atoms with Crippen LogP contribution in [0.3, 0.4) is 0 Å². The predicted molar refractivity (Wildman–Crippen MR) is 79.9 cm³/mol. The molecule has 0 fully saturated rings. The molecule has 1 aromatic carbocycles. The number of nitrogens with two attached hydrogens (primary N) is 1. The van der Waals surface area contributed by atoms with E-state index in [0.717, 1.165) is 0 Å². The second-order valence-corrected chi connectivity index (χ2v) is 6.52. The highest BCUT2D eigenvalue weighted by molar-refractivity contribution is 7.89. The number of benzene rings is 1. The summed E-state index contributed by atoms with van der Waals surface area (Å²) in [7, 11) is -3.50. The first kappa shape index (κ1) is 17.2. The van der Waals surface area contributed by atoms with E-state index in [1.54, 1.807) is 6.07 Å². The van der Waals surface area contributed by atoms with Gasteiger partial charge in [-0.1, -0.05) is 0 Å². The summed E-state index contributed by atoms with van der Waals surface area (Å²) in [5.41, 5.74) is 0.399. The summed E-state index contributed by atoms with van der Waals surface area (Å²) in [5, 5.41) is 18.7. The highest BCUT2D eigenvalue weighted by Crippen LogP contribution is 2.26. The zero-order valence-corrected chi connectivity index (χ0v) is 12.7. The minimum Gasteiger partial charge on any atom is -0.491 e. The number of nitrogens with one attached hydrogen (secondary N) is 1. The lowest BCUT2D eigenvalue weighted by molar-refractivity contribution is -0.384. The van der Waals surface area contributed by atoms with Crippen LogP contribution in [0, 0.1) is 10.1 Å². The molecule has 0 saturated heterocycles. The maximum atomic E-state index is 10.9. The molecule has 0 unspecified atom stereocenters. The molecule has 0 radical (unpaired) electrons. The first-order valence-corrected chi connectivity index (χ1v) is 8.09. The van der Waals surface area contributed by atoms with Gasteiger partial charge in [-0.05, 0) is 20.3 Å². The lowest BCUT2D eigenvalue weighted by atomic mass is 10.2. The van der Waals surface area contributed by atoms with Crippen molar-refractivity contribution < 1.29 is 18.1 Å². The van der Waals surface area contributed by atoms with Gasteiger partial charge in [0.2, 0.25) is 10.0 Å². The molecule has 1 aromatic rings. The molecular formula is C12H19N3O5S. The molecule has 0 aliphatic carbocycles. The van der Waals surface area contributed by atoms with Crippen LogP contribution in [0.2, 0.25) is 0 Å². The highest BCUT2D eigenvalue weighted by atomic mass is 32.2. The van der Waals surface area contributed by atoms with Crippen molar-refractivity contribution in [3.63, 3.8) is 0 Å². The van der Waals surface area contributed by atoms with Gasteiger partial charge in [-0.2, -0.15) is 0 Å². The first-order valence-electron chi connectivity index (χ1n) is 6.38. The summed E-state index contributed by atoms with van der Waals surface area (Å²) in [4.78, 5) is 10.4. The number of rotatable bonds is 8. The van der Waals surface area contributed by atoms with E-state index < -0.39 is 14.9 Å². The number of nitro benzene ring substituents is 1. The number of nitro groups is 1. The number of anilines is 1. The summed E-state index contributed by atoms with van der Waals surface area (Å²) in [6.07, 6.45) is 0.198. The third-order valence-electron chi connectivity index (χ3n) is 2.41. The van der Waals surface area contributed by atoms with Crippen LogP contribution in [0.25, 0.3) is 0 Å². The van der Waals surface area contributed by atoms with Gasteiger partial charge in [0.25, 0.3) is 5.69 Å². The van der Waals surface area contributed by atoms with Crippen LogP contribution in [0.5, 0.6) is 5.75 Å².